The zero-order valence-electron chi connectivity index (χ0n) is 17.6. The third-order valence-electron chi connectivity index (χ3n) is 4.93. The maximum absolute atomic E-state index is 13.0. The molecule has 0 unspecified atom stereocenters. The summed E-state index contributed by atoms with van der Waals surface area (Å²) in [6.45, 7) is 3.99. The van der Waals surface area contributed by atoms with Crippen LogP contribution in [0.4, 0.5) is 5.69 Å². The number of oxazole rings is 1. The minimum atomic E-state index is -0.369. The van der Waals surface area contributed by atoms with Crippen molar-refractivity contribution in [2.24, 2.45) is 0 Å². The monoisotopic (exact) mass is 436 g/mol. The predicted octanol–water partition coefficient (Wildman–Crippen LogP) is 6.03. The average Bonchev–Trinajstić information content (AvgIpc) is 3.18. The van der Waals surface area contributed by atoms with Crippen molar-refractivity contribution < 1.29 is 18.7 Å². The lowest BCUT2D eigenvalue weighted by Gasteiger charge is -2.13. The zero-order chi connectivity index (χ0) is 22.1. The largest absolute Gasteiger partial charge is 0.496 e. The summed E-state index contributed by atoms with van der Waals surface area (Å²) < 4.78 is 16.6. The average molecular weight is 437 g/mol. The number of ether oxygens (including phenoxy) is 2. The number of hydrogen-bond donors (Lipinski definition) is 1. The van der Waals surface area contributed by atoms with Crippen LogP contribution in [-0.4, -0.2) is 25.1 Å². The number of nitrogens with zero attached hydrogens (tertiary/aromatic N) is 1. The van der Waals surface area contributed by atoms with Gasteiger partial charge < -0.3 is 19.2 Å². The van der Waals surface area contributed by atoms with E-state index in [2.05, 4.69) is 10.3 Å². The second-order valence-electron chi connectivity index (χ2n) is 7.14. The molecular formula is C24H21ClN2O4. The minimum absolute atomic E-state index is 0.303. The van der Waals surface area contributed by atoms with Crippen LogP contribution in [0.1, 0.15) is 21.5 Å². The molecule has 6 nitrogen and oxygen atoms in total. The van der Waals surface area contributed by atoms with Gasteiger partial charge in [0.05, 0.1) is 24.8 Å². The van der Waals surface area contributed by atoms with Crippen molar-refractivity contribution in [3.8, 4) is 23.0 Å². The molecule has 0 aliphatic heterocycles. The third-order valence-corrected chi connectivity index (χ3v) is 5.26. The summed E-state index contributed by atoms with van der Waals surface area (Å²) in [6.07, 6.45) is 0. The van der Waals surface area contributed by atoms with Gasteiger partial charge in [0.1, 0.15) is 22.6 Å². The van der Waals surface area contributed by atoms with E-state index in [0.29, 0.717) is 44.8 Å². The Labute approximate surface area is 184 Å². The fourth-order valence-electron chi connectivity index (χ4n) is 3.53. The fourth-order valence-corrected chi connectivity index (χ4v) is 3.73. The number of anilines is 1. The van der Waals surface area contributed by atoms with E-state index in [1.54, 1.807) is 36.4 Å². The van der Waals surface area contributed by atoms with Gasteiger partial charge >= 0.3 is 0 Å². The molecule has 0 radical (unpaired) electrons. The van der Waals surface area contributed by atoms with Gasteiger partial charge in [-0.25, -0.2) is 4.98 Å². The Bertz CT molecular complexity index is 1270. The molecule has 1 amide bonds. The van der Waals surface area contributed by atoms with E-state index in [9.17, 15) is 4.79 Å². The van der Waals surface area contributed by atoms with Crippen LogP contribution in [0.5, 0.6) is 11.5 Å². The van der Waals surface area contributed by atoms with Crippen molar-refractivity contribution in [2.75, 3.05) is 19.5 Å². The third kappa shape index (κ3) is 3.94. The topological polar surface area (TPSA) is 73.6 Å². The van der Waals surface area contributed by atoms with Gasteiger partial charge in [0.15, 0.2) is 5.58 Å². The number of benzene rings is 3. The molecule has 31 heavy (non-hydrogen) atoms. The summed E-state index contributed by atoms with van der Waals surface area (Å²) in [5.41, 5.74) is 4.99. The molecule has 1 heterocycles. The molecule has 0 spiro atoms. The number of nitrogens with one attached hydrogen (secondary N) is 1. The van der Waals surface area contributed by atoms with Crippen LogP contribution in [0.15, 0.2) is 52.9 Å². The Balaban J connectivity index is 1.71. The van der Waals surface area contributed by atoms with Crippen molar-refractivity contribution in [1.82, 2.24) is 4.98 Å². The van der Waals surface area contributed by atoms with Gasteiger partial charge in [0.2, 0.25) is 5.89 Å². The first-order valence-electron chi connectivity index (χ1n) is 9.61. The Kier molecular flexibility index (Phi) is 5.57. The first-order valence-corrected chi connectivity index (χ1v) is 9.99. The number of carbonyl (C=O) groups excluding carboxylic acids is 1. The predicted molar refractivity (Wildman–Crippen MR) is 121 cm³/mol. The lowest BCUT2D eigenvalue weighted by molar-refractivity contribution is 0.102. The Morgan fingerprint density at radius 1 is 1.03 bits per heavy atom. The van der Waals surface area contributed by atoms with E-state index in [0.717, 1.165) is 16.6 Å². The van der Waals surface area contributed by atoms with Crippen molar-refractivity contribution in [3.05, 3.63) is 70.2 Å². The first kappa shape index (κ1) is 20.8. The highest BCUT2D eigenvalue weighted by atomic mass is 35.5. The molecule has 7 heteroatoms. The van der Waals surface area contributed by atoms with Crippen molar-refractivity contribution >= 4 is 34.3 Å². The number of fused-ring (bicyclic) bond motifs is 1. The highest BCUT2D eigenvalue weighted by Crippen LogP contribution is 2.34. The van der Waals surface area contributed by atoms with Crippen molar-refractivity contribution in [1.29, 1.82) is 0 Å². The van der Waals surface area contributed by atoms with Gasteiger partial charge in [-0.05, 0) is 61.4 Å². The molecule has 0 saturated heterocycles. The molecule has 0 saturated carbocycles. The van der Waals surface area contributed by atoms with E-state index < -0.39 is 0 Å². The number of rotatable bonds is 5. The van der Waals surface area contributed by atoms with Crippen LogP contribution in [0.25, 0.3) is 22.6 Å². The molecule has 1 N–H and O–H groups in total. The van der Waals surface area contributed by atoms with Gasteiger partial charge in [0, 0.05) is 5.69 Å². The van der Waals surface area contributed by atoms with Crippen LogP contribution >= 0.6 is 11.6 Å². The maximum atomic E-state index is 13.0. The highest BCUT2D eigenvalue weighted by molar-refractivity contribution is 6.33. The minimum Gasteiger partial charge on any atom is -0.496 e. The standard InChI is InChI=1S/C24H21ClN2O4/c1-13-10-14(2)22-18(11-13)27-24(31-22)16-12-15(8-9-17(16)25)26-23(28)21-19(29-3)6-5-7-20(21)30-4/h5-12H,1-4H3,(H,26,28). The number of methoxy groups -OCH3 is 2. The summed E-state index contributed by atoms with van der Waals surface area (Å²) in [4.78, 5) is 17.6. The molecule has 4 rings (SSSR count). The first-order chi connectivity index (χ1) is 14.9. The SMILES string of the molecule is COc1cccc(OC)c1C(=O)Nc1ccc(Cl)c(-c2nc3cc(C)cc(C)c3o2)c1. The normalized spacial score (nSPS) is 10.9. The van der Waals surface area contributed by atoms with Crippen LogP contribution in [0, 0.1) is 13.8 Å². The van der Waals surface area contributed by atoms with E-state index in [-0.39, 0.29) is 5.91 Å². The van der Waals surface area contributed by atoms with Crippen LogP contribution in [0.2, 0.25) is 5.02 Å². The Morgan fingerprint density at radius 3 is 2.42 bits per heavy atom. The van der Waals surface area contributed by atoms with Crippen molar-refractivity contribution in [2.45, 2.75) is 13.8 Å². The molecule has 0 atom stereocenters. The molecule has 0 bridgehead atoms. The number of aromatic nitrogens is 1. The molecule has 1 aromatic heterocycles. The lowest BCUT2D eigenvalue weighted by Crippen LogP contribution is -2.14. The Morgan fingerprint density at radius 2 is 1.74 bits per heavy atom. The van der Waals surface area contributed by atoms with E-state index in [1.165, 1.54) is 14.2 Å². The van der Waals surface area contributed by atoms with Crippen LogP contribution in [0.3, 0.4) is 0 Å². The zero-order valence-corrected chi connectivity index (χ0v) is 18.3. The fraction of sp³-hybridized carbons (Fsp3) is 0.167. The lowest BCUT2D eigenvalue weighted by atomic mass is 10.1. The molecule has 0 fully saturated rings. The Hall–Kier alpha value is -3.51. The van der Waals surface area contributed by atoms with E-state index in [4.69, 9.17) is 25.5 Å². The quantitative estimate of drug-likeness (QED) is 0.413. The molecule has 0 aliphatic carbocycles. The van der Waals surface area contributed by atoms with Crippen molar-refractivity contribution in [3.63, 3.8) is 0 Å². The summed E-state index contributed by atoms with van der Waals surface area (Å²) in [5.74, 6) is 0.845. The summed E-state index contributed by atoms with van der Waals surface area (Å²) in [7, 11) is 3.01. The maximum Gasteiger partial charge on any atom is 0.263 e. The van der Waals surface area contributed by atoms with Gasteiger partial charge in [-0.1, -0.05) is 23.7 Å². The van der Waals surface area contributed by atoms with Crippen LogP contribution < -0.4 is 14.8 Å². The van der Waals surface area contributed by atoms with Gasteiger partial charge in [0.25, 0.3) is 5.91 Å². The summed E-state index contributed by atoms with van der Waals surface area (Å²) in [5, 5.41) is 3.34. The van der Waals surface area contributed by atoms with Gasteiger partial charge in [-0.2, -0.15) is 0 Å². The van der Waals surface area contributed by atoms with E-state index in [1.807, 2.05) is 26.0 Å². The highest BCUT2D eigenvalue weighted by Gasteiger charge is 2.20. The molecule has 3 aromatic carbocycles. The molecular weight excluding hydrogens is 416 g/mol. The van der Waals surface area contributed by atoms with Gasteiger partial charge in [-0.3, -0.25) is 4.79 Å². The number of amides is 1. The van der Waals surface area contributed by atoms with Gasteiger partial charge in [-0.15, -0.1) is 0 Å². The summed E-state index contributed by atoms with van der Waals surface area (Å²) >= 11 is 6.43. The summed E-state index contributed by atoms with van der Waals surface area (Å²) in [6, 6.07) is 14.3. The number of halogens is 1. The molecule has 158 valence electrons. The smallest absolute Gasteiger partial charge is 0.263 e. The molecule has 4 aromatic rings. The molecule has 0 aliphatic rings. The van der Waals surface area contributed by atoms with Crippen LogP contribution in [-0.2, 0) is 0 Å². The second kappa shape index (κ2) is 8.32. The number of carbonyl (C=O) groups is 1. The second-order valence-corrected chi connectivity index (χ2v) is 7.54. The van der Waals surface area contributed by atoms with E-state index >= 15 is 0 Å². The number of aryl methyl sites for hydroxylation is 2. The number of hydrogen-bond acceptors (Lipinski definition) is 5.